The van der Waals surface area contributed by atoms with Crippen LogP contribution in [0.25, 0.3) is 0 Å². The molecule has 2 aromatic carbocycles. The van der Waals surface area contributed by atoms with Crippen LogP contribution in [-0.4, -0.2) is 6.10 Å². The molecule has 1 saturated carbocycles. The molecular formula is C16H15Cl2NO. The molecular weight excluding hydrogens is 293 g/mol. The van der Waals surface area contributed by atoms with Gasteiger partial charge in [0, 0.05) is 10.0 Å². The van der Waals surface area contributed by atoms with Crippen molar-refractivity contribution in [3.63, 3.8) is 0 Å². The Balaban J connectivity index is 1.88. The van der Waals surface area contributed by atoms with E-state index >= 15 is 0 Å². The van der Waals surface area contributed by atoms with E-state index in [0.29, 0.717) is 16.1 Å². The number of halogens is 2. The SMILES string of the molecule is NC(c1cccc(OC2CC2)c1)c1cc(Cl)ccc1Cl. The van der Waals surface area contributed by atoms with E-state index in [1.165, 1.54) is 0 Å². The second-order valence-corrected chi connectivity index (χ2v) is 5.88. The van der Waals surface area contributed by atoms with Crippen molar-refractivity contribution in [3.8, 4) is 5.75 Å². The number of rotatable bonds is 4. The zero-order valence-corrected chi connectivity index (χ0v) is 12.4. The Kier molecular flexibility index (Phi) is 3.88. The molecule has 1 aliphatic rings. The molecule has 4 heteroatoms. The zero-order valence-electron chi connectivity index (χ0n) is 10.9. The lowest BCUT2D eigenvalue weighted by atomic mass is 9.99. The van der Waals surface area contributed by atoms with Crippen molar-refractivity contribution < 1.29 is 4.74 Å². The van der Waals surface area contributed by atoms with Gasteiger partial charge in [-0.15, -0.1) is 0 Å². The maximum absolute atomic E-state index is 6.30. The van der Waals surface area contributed by atoms with E-state index in [2.05, 4.69) is 0 Å². The van der Waals surface area contributed by atoms with Crippen molar-refractivity contribution in [3.05, 3.63) is 63.6 Å². The first-order chi connectivity index (χ1) is 9.63. The minimum Gasteiger partial charge on any atom is -0.490 e. The minimum atomic E-state index is -0.316. The minimum absolute atomic E-state index is 0.316. The van der Waals surface area contributed by atoms with Gasteiger partial charge in [-0.1, -0.05) is 35.3 Å². The largest absolute Gasteiger partial charge is 0.490 e. The second kappa shape index (κ2) is 5.65. The molecule has 0 heterocycles. The van der Waals surface area contributed by atoms with E-state index in [-0.39, 0.29) is 6.04 Å². The summed E-state index contributed by atoms with van der Waals surface area (Å²) in [5.74, 6) is 0.860. The van der Waals surface area contributed by atoms with Gasteiger partial charge in [0.1, 0.15) is 5.75 Å². The number of hydrogen-bond acceptors (Lipinski definition) is 2. The molecule has 20 heavy (non-hydrogen) atoms. The van der Waals surface area contributed by atoms with Gasteiger partial charge in [-0.25, -0.2) is 0 Å². The fraction of sp³-hybridized carbons (Fsp3) is 0.250. The monoisotopic (exact) mass is 307 g/mol. The number of hydrogen-bond donors (Lipinski definition) is 1. The van der Waals surface area contributed by atoms with E-state index in [1.807, 2.05) is 30.3 Å². The van der Waals surface area contributed by atoms with Crippen molar-refractivity contribution >= 4 is 23.2 Å². The molecule has 1 fully saturated rings. The number of nitrogens with two attached hydrogens (primary N) is 1. The predicted molar refractivity (Wildman–Crippen MR) is 82.6 cm³/mol. The third-order valence-electron chi connectivity index (χ3n) is 3.34. The Labute approximate surface area is 128 Å². The van der Waals surface area contributed by atoms with Gasteiger partial charge in [-0.3, -0.25) is 0 Å². The summed E-state index contributed by atoms with van der Waals surface area (Å²) >= 11 is 12.2. The molecule has 0 radical (unpaired) electrons. The van der Waals surface area contributed by atoms with Crippen LogP contribution in [-0.2, 0) is 0 Å². The van der Waals surface area contributed by atoms with Crippen molar-refractivity contribution in [2.45, 2.75) is 25.0 Å². The van der Waals surface area contributed by atoms with Gasteiger partial charge >= 0.3 is 0 Å². The lowest BCUT2D eigenvalue weighted by Crippen LogP contribution is -2.12. The zero-order chi connectivity index (χ0) is 14.1. The molecule has 0 bridgehead atoms. The molecule has 0 spiro atoms. The third kappa shape index (κ3) is 3.09. The maximum atomic E-state index is 6.30. The van der Waals surface area contributed by atoms with Gasteiger partial charge in [-0.05, 0) is 54.3 Å². The molecule has 1 atom stereocenters. The van der Waals surface area contributed by atoms with Crippen LogP contribution in [0.3, 0.4) is 0 Å². The molecule has 1 aliphatic carbocycles. The quantitative estimate of drug-likeness (QED) is 0.897. The van der Waals surface area contributed by atoms with Crippen LogP contribution < -0.4 is 10.5 Å². The molecule has 0 saturated heterocycles. The van der Waals surface area contributed by atoms with Crippen molar-refractivity contribution in [1.29, 1.82) is 0 Å². The summed E-state index contributed by atoms with van der Waals surface area (Å²) in [6.45, 7) is 0. The summed E-state index contributed by atoms with van der Waals surface area (Å²) in [5, 5.41) is 1.25. The summed E-state index contributed by atoms with van der Waals surface area (Å²) in [4.78, 5) is 0. The second-order valence-electron chi connectivity index (χ2n) is 5.03. The summed E-state index contributed by atoms with van der Waals surface area (Å²) in [6.07, 6.45) is 2.64. The molecule has 104 valence electrons. The van der Waals surface area contributed by atoms with Crippen LogP contribution in [0.15, 0.2) is 42.5 Å². The lowest BCUT2D eigenvalue weighted by molar-refractivity contribution is 0.303. The predicted octanol–water partition coefficient (Wildman–Crippen LogP) is 4.58. The molecule has 0 amide bonds. The first-order valence-corrected chi connectivity index (χ1v) is 7.36. The van der Waals surface area contributed by atoms with E-state index in [4.69, 9.17) is 33.7 Å². The van der Waals surface area contributed by atoms with Crippen molar-refractivity contribution in [2.24, 2.45) is 5.73 Å². The Morgan fingerprint density at radius 1 is 1.10 bits per heavy atom. The van der Waals surface area contributed by atoms with Gasteiger partial charge in [0.2, 0.25) is 0 Å². The Bertz CT molecular complexity index is 626. The van der Waals surface area contributed by atoms with E-state index in [9.17, 15) is 0 Å². The topological polar surface area (TPSA) is 35.2 Å². The Morgan fingerprint density at radius 3 is 2.65 bits per heavy atom. The van der Waals surface area contributed by atoms with Gasteiger partial charge < -0.3 is 10.5 Å². The molecule has 1 unspecified atom stereocenters. The number of benzene rings is 2. The van der Waals surface area contributed by atoms with Gasteiger partial charge in [0.05, 0.1) is 12.1 Å². The van der Waals surface area contributed by atoms with E-state index in [1.54, 1.807) is 12.1 Å². The highest BCUT2D eigenvalue weighted by molar-refractivity contribution is 6.33. The summed E-state index contributed by atoms with van der Waals surface area (Å²) < 4.78 is 5.79. The highest BCUT2D eigenvalue weighted by atomic mass is 35.5. The molecule has 2 nitrogen and oxygen atoms in total. The molecule has 3 rings (SSSR count). The first kappa shape index (κ1) is 13.7. The molecule has 0 aromatic heterocycles. The lowest BCUT2D eigenvalue weighted by Gasteiger charge is -2.16. The molecule has 2 aromatic rings. The molecule has 0 aliphatic heterocycles. The highest BCUT2D eigenvalue weighted by Gasteiger charge is 2.23. The molecule has 2 N–H and O–H groups in total. The van der Waals surface area contributed by atoms with Crippen molar-refractivity contribution in [2.75, 3.05) is 0 Å². The smallest absolute Gasteiger partial charge is 0.120 e. The fourth-order valence-electron chi connectivity index (χ4n) is 2.09. The van der Waals surface area contributed by atoms with Crippen LogP contribution in [0.2, 0.25) is 10.0 Å². The van der Waals surface area contributed by atoms with Crippen LogP contribution in [0.4, 0.5) is 0 Å². The highest BCUT2D eigenvalue weighted by Crippen LogP contribution is 2.32. The fourth-order valence-corrected chi connectivity index (χ4v) is 2.51. The van der Waals surface area contributed by atoms with Gasteiger partial charge in [-0.2, -0.15) is 0 Å². The van der Waals surface area contributed by atoms with Crippen LogP contribution >= 0.6 is 23.2 Å². The van der Waals surface area contributed by atoms with E-state index in [0.717, 1.165) is 29.7 Å². The van der Waals surface area contributed by atoms with Crippen LogP contribution in [0, 0.1) is 0 Å². The van der Waals surface area contributed by atoms with Gasteiger partial charge in [0.25, 0.3) is 0 Å². The maximum Gasteiger partial charge on any atom is 0.120 e. The third-order valence-corrected chi connectivity index (χ3v) is 3.92. The first-order valence-electron chi connectivity index (χ1n) is 6.60. The summed E-state index contributed by atoms with van der Waals surface area (Å²) in [5.41, 5.74) is 8.09. The summed E-state index contributed by atoms with van der Waals surface area (Å²) in [6, 6.07) is 12.9. The van der Waals surface area contributed by atoms with Crippen molar-refractivity contribution in [1.82, 2.24) is 0 Å². The number of ether oxygens (including phenoxy) is 1. The van der Waals surface area contributed by atoms with Gasteiger partial charge in [0.15, 0.2) is 0 Å². The summed E-state index contributed by atoms with van der Waals surface area (Å²) in [7, 11) is 0. The normalized spacial score (nSPS) is 15.9. The Morgan fingerprint density at radius 2 is 1.90 bits per heavy atom. The standard InChI is InChI=1S/C16H15Cl2NO/c17-11-4-7-15(18)14(9-11)16(19)10-2-1-3-13(8-10)20-12-5-6-12/h1-4,7-9,12,16H,5-6,19H2. The average molecular weight is 308 g/mol. The average Bonchev–Trinajstić information content (AvgIpc) is 3.25. The Hall–Kier alpha value is -1.22. The van der Waals surface area contributed by atoms with E-state index < -0.39 is 0 Å². The van der Waals surface area contributed by atoms with Crippen LogP contribution in [0.1, 0.15) is 30.0 Å². The van der Waals surface area contributed by atoms with Crippen LogP contribution in [0.5, 0.6) is 5.75 Å².